The zero-order valence-corrected chi connectivity index (χ0v) is 8.67. The minimum atomic E-state index is 0.192. The van der Waals surface area contributed by atoms with E-state index in [1.165, 1.54) is 4.88 Å². The molecule has 2 unspecified atom stereocenters. The van der Waals surface area contributed by atoms with Crippen molar-refractivity contribution in [1.29, 1.82) is 0 Å². The smallest absolute Gasteiger partial charge is 0.225 e. The van der Waals surface area contributed by atoms with Crippen LogP contribution in [0.1, 0.15) is 24.3 Å². The molecule has 0 aliphatic carbocycles. The molecule has 0 bridgehead atoms. The van der Waals surface area contributed by atoms with Gasteiger partial charge >= 0.3 is 0 Å². The molecular weight excluding hydrogens is 182 g/mol. The summed E-state index contributed by atoms with van der Waals surface area (Å²) in [5, 5.41) is 2.07. The molecule has 1 aromatic heterocycles. The maximum absolute atomic E-state index is 11.5. The van der Waals surface area contributed by atoms with Gasteiger partial charge in [0.2, 0.25) is 5.91 Å². The molecule has 1 saturated heterocycles. The zero-order valence-electron chi connectivity index (χ0n) is 7.86. The number of amides is 1. The highest BCUT2D eigenvalue weighted by Crippen LogP contribution is 2.36. The summed E-state index contributed by atoms with van der Waals surface area (Å²) in [5.41, 5.74) is 0. The third kappa shape index (κ3) is 1.37. The van der Waals surface area contributed by atoms with Crippen LogP contribution in [-0.2, 0) is 4.79 Å². The van der Waals surface area contributed by atoms with E-state index in [0.717, 1.165) is 6.42 Å². The van der Waals surface area contributed by atoms with Gasteiger partial charge in [0.25, 0.3) is 0 Å². The van der Waals surface area contributed by atoms with E-state index in [1.54, 1.807) is 11.3 Å². The third-order valence-corrected chi connectivity index (χ3v) is 3.66. The fourth-order valence-corrected chi connectivity index (χ4v) is 2.77. The van der Waals surface area contributed by atoms with Crippen molar-refractivity contribution in [2.24, 2.45) is 5.92 Å². The normalized spacial score (nSPS) is 28.5. The molecule has 1 fully saturated rings. The van der Waals surface area contributed by atoms with Crippen molar-refractivity contribution in [3.8, 4) is 0 Å². The highest BCUT2D eigenvalue weighted by Gasteiger charge is 2.35. The number of carbonyl (C=O) groups excluding carboxylic acids is 1. The summed E-state index contributed by atoms with van der Waals surface area (Å²) in [6.07, 6.45) is 0.968. The molecule has 0 spiro atoms. The van der Waals surface area contributed by atoms with Gasteiger partial charge < -0.3 is 4.90 Å². The van der Waals surface area contributed by atoms with Crippen molar-refractivity contribution in [1.82, 2.24) is 4.90 Å². The lowest BCUT2D eigenvalue weighted by molar-refractivity contribution is -0.130. The van der Waals surface area contributed by atoms with Gasteiger partial charge in [-0.15, -0.1) is 11.3 Å². The number of nitrogens with zero attached hydrogens (tertiary/aromatic N) is 1. The van der Waals surface area contributed by atoms with Crippen LogP contribution in [-0.4, -0.2) is 17.9 Å². The van der Waals surface area contributed by atoms with Crippen molar-refractivity contribution in [2.75, 3.05) is 7.05 Å². The molecule has 13 heavy (non-hydrogen) atoms. The molecule has 3 heteroatoms. The molecule has 2 atom stereocenters. The van der Waals surface area contributed by atoms with E-state index in [2.05, 4.69) is 11.4 Å². The Morgan fingerprint density at radius 1 is 1.62 bits per heavy atom. The van der Waals surface area contributed by atoms with E-state index in [-0.39, 0.29) is 11.8 Å². The molecule has 2 heterocycles. The standard InChI is InChI=1S/C10H13NOS/c1-7-6-8(11(2)10(7)12)9-4-3-5-13-9/h3-5,7-8H,6H2,1-2H3. The first kappa shape index (κ1) is 8.75. The van der Waals surface area contributed by atoms with Crippen molar-refractivity contribution < 1.29 is 4.79 Å². The molecule has 1 aliphatic rings. The lowest BCUT2D eigenvalue weighted by Gasteiger charge is -2.17. The second-order valence-electron chi connectivity index (χ2n) is 3.62. The minimum Gasteiger partial charge on any atom is -0.338 e. The van der Waals surface area contributed by atoms with E-state index in [1.807, 2.05) is 24.9 Å². The second kappa shape index (κ2) is 3.14. The van der Waals surface area contributed by atoms with Crippen LogP contribution in [0.15, 0.2) is 17.5 Å². The van der Waals surface area contributed by atoms with Gasteiger partial charge in [-0.05, 0) is 17.9 Å². The molecule has 2 rings (SSSR count). The van der Waals surface area contributed by atoms with E-state index in [9.17, 15) is 4.79 Å². The SMILES string of the molecule is CC1CC(c2cccs2)N(C)C1=O. The van der Waals surface area contributed by atoms with Gasteiger partial charge in [0.1, 0.15) is 0 Å². The van der Waals surface area contributed by atoms with Crippen LogP contribution in [0.25, 0.3) is 0 Å². The number of carbonyl (C=O) groups is 1. The molecule has 0 saturated carbocycles. The van der Waals surface area contributed by atoms with Crippen LogP contribution in [0.4, 0.5) is 0 Å². The Morgan fingerprint density at radius 2 is 2.38 bits per heavy atom. The topological polar surface area (TPSA) is 20.3 Å². The molecule has 70 valence electrons. The van der Waals surface area contributed by atoms with E-state index >= 15 is 0 Å². The summed E-state index contributed by atoms with van der Waals surface area (Å²) in [6, 6.07) is 4.47. The molecule has 0 radical (unpaired) electrons. The monoisotopic (exact) mass is 195 g/mol. The first-order chi connectivity index (χ1) is 6.20. The Labute approximate surface area is 82.2 Å². The van der Waals surface area contributed by atoms with E-state index in [4.69, 9.17) is 0 Å². The summed E-state index contributed by atoms with van der Waals surface area (Å²) in [5.74, 6) is 0.468. The van der Waals surface area contributed by atoms with Crippen LogP contribution in [0.2, 0.25) is 0 Å². The first-order valence-electron chi connectivity index (χ1n) is 4.50. The number of rotatable bonds is 1. The van der Waals surface area contributed by atoms with Crippen molar-refractivity contribution in [2.45, 2.75) is 19.4 Å². The van der Waals surface area contributed by atoms with Gasteiger partial charge in [-0.25, -0.2) is 0 Å². The number of hydrogen-bond donors (Lipinski definition) is 0. The number of likely N-dealkylation sites (tertiary alicyclic amines) is 1. The maximum atomic E-state index is 11.5. The summed E-state index contributed by atoms with van der Waals surface area (Å²) in [4.78, 5) is 14.7. The Morgan fingerprint density at radius 3 is 2.85 bits per heavy atom. The van der Waals surface area contributed by atoms with Gasteiger partial charge in [-0.2, -0.15) is 0 Å². The molecular formula is C10H13NOS. The number of hydrogen-bond acceptors (Lipinski definition) is 2. The fourth-order valence-electron chi connectivity index (χ4n) is 1.88. The fraction of sp³-hybridized carbons (Fsp3) is 0.500. The molecule has 0 aromatic carbocycles. The minimum absolute atomic E-state index is 0.192. The van der Waals surface area contributed by atoms with Crippen molar-refractivity contribution in [3.63, 3.8) is 0 Å². The molecule has 0 N–H and O–H groups in total. The van der Waals surface area contributed by atoms with Gasteiger partial charge in [-0.1, -0.05) is 13.0 Å². The lowest BCUT2D eigenvalue weighted by Crippen LogP contribution is -2.23. The van der Waals surface area contributed by atoms with E-state index < -0.39 is 0 Å². The summed E-state index contributed by atoms with van der Waals surface area (Å²) < 4.78 is 0. The highest BCUT2D eigenvalue weighted by atomic mass is 32.1. The lowest BCUT2D eigenvalue weighted by atomic mass is 10.1. The van der Waals surface area contributed by atoms with Crippen LogP contribution in [0, 0.1) is 5.92 Å². The summed E-state index contributed by atoms with van der Waals surface area (Å²) in [6.45, 7) is 2.01. The second-order valence-corrected chi connectivity index (χ2v) is 4.60. The van der Waals surface area contributed by atoms with Gasteiger partial charge in [0, 0.05) is 17.8 Å². The van der Waals surface area contributed by atoms with Crippen LogP contribution < -0.4 is 0 Å². The van der Waals surface area contributed by atoms with E-state index in [0.29, 0.717) is 6.04 Å². The third-order valence-electron chi connectivity index (χ3n) is 2.69. The predicted octanol–water partition coefficient (Wildman–Crippen LogP) is 2.29. The highest BCUT2D eigenvalue weighted by molar-refractivity contribution is 7.10. The zero-order chi connectivity index (χ0) is 9.42. The largest absolute Gasteiger partial charge is 0.338 e. The Hall–Kier alpha value is -0.830. The predicted molar refractivity (Wildman–Crippen MR) is 53.6 cm³/mol. The Kier molecular flexibility index (Phi) is 2.12. The van der Waals surface area contributed by atoms with Crippen molar-refractivity contribution in [3.05, 3.63) is 22.4 Å². The molecule has 1 amide bonds. The Balaban J connectivity index is 2.23. The summed E-state index contributed by atoms with van der Waals surface area (Å²) in [7, 11) is 1.90. The Bertz CT molecular complexity index is 307. The quantitative estimate of drug-likeness (QED) is 0.673. The maximum Gasteiger partial charge on any atom is 0.225 e. The van der Waals surface area contributed by atoms with Crippen LogP contribution in [0.3, 0.4) is 0 Å². The van der Waals surface area contributed by atoms with Crippen LogP contribution in [0.5, 0.6) is 0 Å². The molecule has 1 aromatic rings. The average Bonchev–Trinajstić information content (AvgIpc) is 2.70. The number of thiophene rings is 1. The van der Waals surface area contributed by atoms with Crippen LogP contribution >= 0.6 is 11.3 Å². The van der Waals surface area contributed by atoms with Gasteiger partial charge in [-0.3, -0.25) is 4.79 Å². The average molecular weight is 195 g/mol. The first-order valence-corrected chi connectivity index (χ1v) is 5.38. The summed E-state index contributed by atoms with van der Waals surface area (Å²) >= 11 is 1.73. The van der Waals surface area contributed by atoms with Crippen molar-refractivity contribution >= 4 is 17.2 Å². The molecule has 2 nitrogen and oxygen atoms in total. The van der Waals surface area contributed by atoms with Gasteiger partial charge in [0.15, 0.2) is 0 Å². The molecule has 1 aliphatic heterocycles. The van der Waals surface area contributed by atoms with Gasteiger partial charge in [0.05, 0.1) is 6.04 Å².